The molecule has 0 saturated heterocycles. The molecule has 0 unspecified atom stereocenters. The lowest BCUT2D eigenvalue weighted by Crippen LogP contribution is -2.01. The third kappa shape index (κ3) is 7.77. The molecule has 7 aromatic carbocycles. The largest absolute Gasteiger partial charge is 0.293 e. The third-order valence-electron chi connectivity index (χ3n) is 9.20. The van der Waals surface area contributed by atoms with Gasteiger partial charge in [-0.2, -0.15) is 5.26 Å². The zero-order valence-electron chi connectivity index (χ0n) is 29.5. The number of hydrogen-bond donors (Lipinski definition) is 2. The molecular formula is C48H32N6S. The van der Waals surface area contributed by atoms with Crippen LogP contribution >= 0.6 is 11.8 Å². The van der Waals surface area contributed by atoms with E-state index in [0.717, 1.165) is 73.0 Å². The zero-order valence-corrected chi connectivity index (χ0v) is 30.3. The molecule has 260 valence electrons. The predicted octanol–water partition coefficient (Wildman–Crippen LogP) is 11.8. The Labute approximate surface area is 323 Å². The summed E-state index contributed by atoms with van der Waals surface area (Å²) >= 11 is 1.15. The number of nitriles is 1. The minimum Gasteiger partial charge on any atom is -0.293 e. The zero-order chi connectivity index (χ0) is 37.6. The van der Waals surface area contributed by atoms with E-state index >= 15 is 0 Å². The molecule has 0 atom stereocenters. The monoisotopic (exact) mass is 724 g/mol. The molecule has 0 radical (unpaired) electrons. The number of nitrogens with one attached hydrogen (secondary N) is 2. The standard InChI is InChI=1S/C48H32N6S/c49-31-32-11-9-16-39(29-32)33-23-27-38(28-24-33)47-52-46(37-14-5-2-6-15-37)53-48(54-47)43-20-8-7-19-42(43)41-18-10-17-40(30-41)34-21-25-36(26-22-34)45(51)55-44(50)35-12-3-1-4-13-35/h1-30,50-51H. The summed E-state index contributed by atoms with van der Waals surface area (Å²) in [7, 11) is 0. The van der Waals surface area contributed by atoms with E-state index in [4.69, 9.17) is 25.8 Å². The molecule has 7 heteroatoms. The summed E-state index contributed by atoms with van der Waals surface area (Å²) < 4.78 is 0. The van der Waals surface area contributed by atoms with Gasteiger partial charge in [-0.05, 0) is 51.6 Å². The van der Waals surface area contributed by atoms with Gasteiger partial charge >= 0.3 is 0 Å². The molecule has 0 fully saturated rings. The number of thioether (sulfide) groups is 1. The van der Waals surface area contributed by atoms with Crippen molar-refractivity contribution in [2.24, 2.45) is 0 Å². The van der Waals surface area contributed by atoms with Crippen LogP contribution in [0.3, 0.4) is 0 Å². The molecule has 55 heavy (non-hydrogen) atoms. The number of rotatable bonds is 8. The summed E-state index contributed by atoms with van der Waals surface area (Å²) in [4.78, 5) is 15.0. The SMILES string of the molecule is N#Cc1cccc(-c2ccc(-c3nc(-c4ccccc4)nc(-c4ccccc4-c4cccc(-c5ccc(C(=N)SC(=N)c6ccccc6)cc5)c4)n3)cc2)c1. The summed E-state index contributed by atoms with van der Waals surface area (Å²) in [5, 5.41) is 27.1. The lowest BCUT2D eigenvalue weighted by atomic mass is 9.95. The summed E-state index contributed by atoms with van der Waals surface area (Å²) in [5.74, 6) is 1.71. The van der Waals surface area contributed by atoms with Crippen molar-refractivity contribution < 1.29 is 0 Å². The molecule has 8 rings (SSSR count). The molecule has 6 nitrogen and oxygen atoms in total. The van der Waals surface area contributed by atoms with Crippen molar-refractivity contribution in [2.45, 2.75) is 0 Å². The van der Waals surface area contributed by atoms with E-state index in [2.05, 4.69) is 36.4 Å². The Bertz CT molecular complexity index is 2700. The molecule has 0 aliphatic carbocycles. The minimum atomic E-state index is 0.330. The normalized spacial score (nSPS) is 10.7. The molecular weight excluding hydrogens is 693 g/mol. The fourth-order valence-corrected chi connectivity index (χ4v) is 7.05. The average molecular weight is 725 g/mol. The Morgan fingerprint density at radius 3 is 1.51 bits per heavy atom. The van der Waals surface area contributed by atoms with E-state index in [1.807, 2.05) is 146 Å². The fraction of sp³-hybridized carbons (Fsp3) is 0. The summed E-state index contributed by atoms with van der Waals surface area (Å²) in [6, 6.07) is 61.8. The van der Waals surface area contributed by atoms with E-state index in [9.17, 15) is 5.26 Å². The first-order chi connectivity index (χ1) is 27.0. The summed E-state index contributed by atoms with van der Waals surface area (Å²) in [6.45, 7) is 0. The molecule has 8 aromatic rings. The van der Waals surface area contributed by atoms with Gasteiger partial charge in [-0.1, -0.05) is 176 Å². The number of nitrogens with zero attached hydrogens (tertiary/aromatic N) is 4. The van der Waals surface area contributed by atoms with Gasteiger partial charge in [0.2, 0.25) is 0 Å². The van der Waals surface area contributed by atoms with Gasteiger partial charge in [0.15, 0.2) is 17.5 Å². The van der Waals surface area contributed by atoms with Crippen LogP contribution in [0.15, 0.2) is 182 Å². The van der Waals surface area contributed by atoms with Crippen LogP contribution in [-0.4, -0.2) is 25.0 Å². The smallest absolute Gasteiger partial charge is 0.164 e. The molecule has 0 spiro atoms. The average Bonchev–Trinajstić information content (AvgIpc) is 3.27. The number of benzene rings is 7. The van der Waals surface area contributed by atoms with Gasteiger partial charge < -0.3 is 0 Å². The van der Waals surface area contributed by atoms with Crippen LogP contribution in [-0.2, 0) is 0 Å². The molecule has 0 saturated carbocycles. The van der Waals surface area contributed by atoms with Crippen LogP contribution in [0.2, 0.25) is 0 Å². The quantitative estimate of drug-likeness (QED) is 0.120. The van der Waals surface area contributed by atoms with Gasteiger partial charge in [-0.3, -0.25) is 10.8 Å². The van der Waals surface area contributed by atoms with Gasteiger partial charge in [0.05, 0.1) is 11.6 Å². The second-order valence-electron chi connectivity index (χ2n) is 12.8. The first-order valence-corrected chi connectivity index (χ1v) is 18.5. The van der Waals surface area contributed by atoms with Crippen molar-refractivity contribution in [1.29, 1.82) is 16.1 Å². The van der Waals surface area contributed by atoms with Crippen molar-refractivity contribution in [3.8, 4) is 73.6 Å². The molecule has 0 aliphatic heterocycles. The summed E-state index contributed by atoms with van der Waals surface area (Å²) in [5.41, 5.74) is 10.8. The van der Waals surface area contributed by atoms with Crippen molar-refractivity contribution >= 4 is 21.8 Å². The first kappa shape index (κ1) is 34.8. The van der Waals surface area contributed by atoms with Gasteiger partial charge in [0.25, 0.3) is 0 Å². The van der Waals surface area contributed by atoms with Crippen LogP contribution in [0.1, 0.15) is 16.7 Å². The number of aromatic nitrogens is 3. The molecule has 1 aromatic heterocycles. The summed E-state index contributed by atoms with van der Waals surface area (Å²) in [6.07, 6.45) is 0. The Hall–Kier alpha value is -7.27. The maximum Gasteiger partial charge on any atom is 0.164 e. The Balaban J connectivity index is 1.12. The van der Waals surface area contributed by atoms with Crippen molar-refractivity contribution in [3.05, 3.63) is 199 Å². The van der Waals surface area contributed by atoms with E-state index in [1.165, 1.54) is 0 Å². The number of hydrogen-bond acceptors (Lipinski definition) is 7. The van der Waals surface area contributed by atoms with Crippen LogP contribution in [0.4, 0.5) is 0 Å². The van der Waals surface area contributed by atoms with Crippen LogP contribution in [0.25, 0.3) is 67.5 Å². The fourth-order valence-electron chi connectivity index (χ4n) is 6.34. The lowest BCUT2D eigenvalue weighted by molar-refractivity contribution is 1.07. The minimum absolute atomic E-state index is 0.330. The third-order valence-corrected chi connectivity index (χ3v) is 10.1. The maximum atomic E-state index is 9.39. The highest BCUT2D eigenvalue weighted by atomic mass is 32.2. The van der Waals surface area contributed by atoms with Crippen LogP contribution in [0.5, 0.6) is 0 Å². The highest BCUT2D eigenvalue weighted by Crippen LogP contribution is 2.35. The van der Waals surface area contributed by atoms with Gasteiger partial charge in [-0.25, -0.2) is 15.0 Å². The van der Waals surface area contributed by atoms with E-state index in [1.54, 1.807) is 6.07 Å². The second kappa shape index (κ2) is 15.8. The topological polar surface area (TPSA) is 110 Å². The lowest BCUT2D eigenvalue weighted by Gasteiger charge is -2.13. The van der Waals surface area contributed by atoms with Crippen LogP contribution < -0.4 is 0 Å². The highest BCUT2D eigenvalue weighted by Gasteiger charge is 2.16. The molecule has 0 aliphatic rings. The Morgan fingerprint density at radius 2 is 0.855 bits per heavy atom. The Kier molecular flexibility index (Phi) is 9.97. The van der Waals surface area contributed by atoms with E-state index in [0.29, 0.717) is 33.1 Å². The second-order valence-corrected chi connectivity index (χ2v) is 13.8. The van der Waals surface area contributed by atoms with E-state index in [-0.39, 0.29) is 0 Å². The Morgan fingerprint density at radius 1 is 0.400 bits per heavy atom. The molecule has 0 bridgehead atoms. The maximum absolute atomic E-state index is 9.39. The van der Waals surface area contributed by atoms with Gasteiger partial charge in [-0.15, -0.1) is 0 Å². The van der Waals surface area contributed by atoms with Gasteiger partial charge in [0.1, 0.15) is 10.1 Å². The predicted molar refractivity (Wildman–Crippen MR) is 225 cm³/mol. The van der Waals surface area contributed by atoms with Crippen molar-refractivity contribution in [1.82, 2.24) is 15.0 Å². The van der Waals surface area contributed by atoms with Crippen LogP contribution in [0, 0.1) is 22.1 Å². The molecule has 2 N–H and O–H groups in total. The molecule has 0 amide bonds. The highest BCUT2D eigenvalue weighted by molar-refractivity contribution is 8.27. The van der Waals surface area contributed by atoms with Crippen molar-refractivity contribution in [2.75, 3.05) is 0 Å². The van der Waals surface area contributed by atoms with Gasteiger partial charge in [0, 0.05) is 27.8 Å². The molecule has 1 heterocycles. The first-order valence-electron chi connectivity index (χ1n) is 17.7. The van der Waals surface area contributed by atoms with E-state index < -0.39 is 0 Å². The van der Waals surface area contributed by atoms with Crippen molar-refractivity contribution in [3.63, 3.8) is 0 Å².